The van der Waals surface area contributed by atoms with E-state index in [1.807, 2.05) is 36.5 Å². The zero-order valence-corrected chi connectivity index (χ0v) is 9.44. The monoisotopic (exact) mass is 216 g/mol. The molecule has 1 aromatic carbocycles. The highest BCUT2D eigenvalue weighted by Gasteiger charge is 2.06. The van der Waals surface area contributed by atoms with E-state index >= 15 is 0 Å². The molecule has 0 spiro atoms. The number of carbonyl (C=O) groups excluding carboxylic acids is 1. The molecule has 0 aliphatic rings. The standard InChI is InChI=1S/C13H16N2O/c1-2-3-9-14-13(16)15-10-8-11-6-4-5-7-12(11)15/h4-8,10H,2-3,9H2,1H3,(H,14,16). The SMILES string of the molecule is CCCCNC(=O)n1ccc2ccccc21. The summed E-state index contributed by atoms with van der Waals surface area (Å²) in [4.78, 5) is 11.8. The van der Waals surface area contributed by atoms with E-state index in [-0.39, 0.29) is 6.03 Å². The zero-order chi connectivity index (χ0) is 11.4. The number of rotatable bonds is 3. The van der Waals surface area contributed by atoms with E-state index in [0.717, 1.165) is 30.3 Å². The van der Waals surface area contributed by atoms with Gasteiger partial charge in [0.25, 0.3) is 0 Å². The van der Waals surface area contributed by atoms with Gasteiger partial charge in [0.2, 0.25) is 0 Å². The second-order valence-electron chi connectivity index (χ2n) is 3.83. The van der Waals surface area contributed by atoms with Crippen LogP contribution < -0.4 is 5.32 Å². The van der Waals surface area contributed by atoms with E-state index in [0.29, 0.717) is 0 Å². The number of benzene rings is 1. The van der Waals surface area contributed by atoms with Gasteiger partial charge < -0.3 is 5.32 Å². The second kappa shape index (κ2) is 4.84. The highest BCUT2D eigenvalue weighted by molar-refractivity contribution is 5.91. The van der Waals surface area contributed by atoms with Gasteiger partial charge in [0.05, 0.1) is 5.52 Å². The molecule has 1 N–H and O–H groups in total. The van der Waals surface area contributed by atoms with E-state index in [2.05, 4.69) is 12.2 Å². The van der Waals surface area contributed by atoms with E-state index in [9.17, 15) is 4.79 Å². The number of nitrogens with zero attached hydrogens (tertiary/aromatic N) is 1. The van der Waals surface area contributed by atoms with Crippen molar-refractivity contribution in [1.29, 1.82) is 0 Å². The van der Waals surface area contributed by atoms with Gasteiger partial charge in [-0.05, 0) is 18.6 Å². The quantitative estimate of drug-likeness (QED) is 0.786. The fourth-order valence-corrected chi connectivity index (χ4v) is 1.72. The molecule has 84 valence electrons. The number of aromatic nitrogens is 1. The molecule has 16 heavy (non-hydrogen) atoms. The minimum Gasteiger partial charge on any atom is -0.337 e. The van der Waals surface area contributed by atoms with Crippen LogP contribution in [0.3, 0.4) is 0 Å². The summed E-state index contributed by atoms with van der Waals surface area (Å²) in [6.07, 6.45) is 3.92. The van der Waals surface area contributed by atoms with Gasteiger partial charge in [-0.2, -0.15) is 0 Å². The number of amides is 1. The highest BCUT2D eigenvalue weighted by Crippen LogP contribution is 2.14. The van der Waals surface area contributed by atoms with Gasteiger partial charge in [0.1, 0.15) is 0 Å². The van der Waals surface area contributed by atoms with E-state index < -0.39 is 0 Å². The number of fused-ring (bicyclic) bond motifs is 1. The largest absolute Gasteiger partial charge is 0.337 e. The molecule has 0 atom stereocenters. The van der Waals surface area contributed by atoms with Gasteiger partial charge in [0.15, 0.2) is 0 Å². The van der Waals surface area contributed by atoms with Crippen LogP contribution in [0.4, 0.5) is 4.79 Å². The molecular formula is C13H16N2O. The van der Waals surface area contributed by atoms with Crippen molar-refractivity contribution in [2.45, 2.75) is 19.8 Å². The molecule has 2 rings (SSSR count). The van der Waals surface area contributed by atoms with Crippen LogP contribution in [0.2, 0.25) is 0 Å². The molecule has 2 aromatic rings. The number of unbranched alkanes of at least 4 members (excludes halogenated alkanes) is 1. The Labute approximate surface area is 95.1 Å². The maximum atomic E-state index is 11.8. The number of para-hydroxylation sites is 1. The molecule has 0 radical (unpaired) electrons. The Bertz CT molecular complexity index is 487. The Morgan fingerprint density at radius 3 is 2.94 bits per heavy atom. The third kappa shape index (κ3) is 2.08. The highest BCUT2D eigenvalue weighted by atomic mass is 16.2. The maximum absolute atomic E-state index is 11.8. The van der Waals surface area contributed by atoms with Gasteiger partial charge in [-0.1, -0.05) is 31.5 Å². The van der Waals surface area contributed by atoms with E-state index in [1.165, 1.54) is 0 Å². The van der Waals surface area contributed by atoms with E-state index in [1.54, 1.807) is 4.57 Å². The number of carbonyl (C=O) groups is 1. The Kier molecular flexibility index (Phi) is 3.25. The van der Waals surface area contributed by atoms with Gasteiger partial charge in [0, 0.05) is 18.1 Å². The lowest BCUT2D eigenvalue weighted by molar-refractivity contribution is 0.243. The van der Waals surface area contributed by atoms with Crippen molar-refractivity contribution < 1.29 is 4.79 Å². The number of hydrogen-bond acceptors (Lipinski definition) is 1. The maximum Gasteiger partial charge on any atom is 0.326 e. The first kappa shape index (κ1) is 10.7. The van der Waals surface area contributed by atoms with Crippen LogP contribution in [0.1, 0.15) is 19.8 Å². The molecule has 0 aliphatic heterocycles. The normalized spacial score (nSPS) is 10.6. The van der Waals surface area contributed by atoms with Crippen molar-refractivity contribution in [3.63, 3.8) is 0 Å². The summed E-state index contributed by atoms with van der Waals surface area (Å²) >= 11 is 0. The average Bonchev–Trinajstić information content (AvgIpc) is 2.73. The summed E-state index contributed by atoms with van der Waals surface area (Å²) < 4.78 is 1.66. The first-order valence-electron chi connectivity index (χ1n) is 5.67. The lowest BCUT2D eigenvalue weighted by atomic mass is 10.2. The summed E-state index contributed by atoms with van der Waals surface area (Å²) in [5.41, 5.74) is 0.955. The molecule has 0 fully saturated rings. The Morgan fingerprint density at radius 1 is 1.31 bits per heavy atom. The van der Waals surface area contributed by atoms with Crippen molar-refractivity contribution in [2.24, 2.45) is 0 Å². The summed E-state index contributed by atoms with van der Waals surface area (Å²) in [5.74, 6) is 0. The number of nitrogens with one attached hydrogen (secondary N) is 1. The van der Waals surface area contributed by atoms with Gasteiger partial charge in [-0.15, -0.1) is 0 Å². The van der Waals surface area contributed by atoms with Crippen LogP contribution in [0.25, 0.3) is 10.9 Å². The topological polar surface area (TPSA) is 34.0 Å². The van der Waals surface area contributed by atoms with Crippen LogP contribution in [0, 0.1) is 0 Å². The van der Waals surface area contributed by atoms with Crippen LogP contribution in [0.15, 0.2) is 36.5 Å². The lowest BCUT2D eigenvalue weighted by Gasteiger charge is -2.06. The Balaban J connectivity index is 2.17. The molecule has 1 amide bonds. The lowest BCUT2D eigenvalue weighted by Crippen LogP contribution is -2.28. The molecule has 1 aromatic heterocycles. The molecule has 0 saturated carbocycles. The summed E-state index contributed by atoms with van der Waals surface area (Å²) in [6, 6.07) is 9.78. The molecule has 0 unspecified atom stereocenters. The van der Waals surface area contributed by atoms with Gasteiger partial charge in [-0.25, -0.2) is 4.79 Å². The zero-order valence-electron chi connectivity index (χ0n) is 9.44. The minimum atomic E-state index is -0.0466. The smallest absolute Gasteiger partial charge is 0.326 e. The van der Waals surface area contributed by atoms with Crippen molar-refractivity contribution in [3.05, 3.63) is 36.5 Å². The summed E-state index contributed by atoms with van der Waals surface area (Å²) in [7, 11) is 0. The third-order valence-corrected chi connectivity index (χ3v) is 2.62. The summed E-state index contributed by atoms with van der Waals surface area (Å²) in [5, 5.41) is 3.99. The Hall–Kier alpha value is -1.77. The predicted molar refractivity (Wildman–Crippen MR) is 65.6 cm³/mol. The second-order valence-corrected chi connectivity index (χ2v) is 3.83. The summed E-state index contributed by atoms with van der Waals surface area (Å²) in [6.45, 7) is 2.85. The fraction of sp³-hybridized carbons (Fsp3) is 0.308. The van der Waals surface area contributed by atoms with Crippen molar-refractivity contribution in [1.82, 2.24) is 9.88 Å². The van der Waals surface area contributed by atoms with Crippen molar-refractivity contribution in [3.8, 4) is 0 Å². The van der Waals surface area contributed by atoms with Crippen LogP contribution in [-0.2, 0) is 0 Å². The fourth-order valence-electron chi connectivity index (χ4n) is 1.72. The van der Waals surface area contributed by atoms with Gasteiger partial charge in [-0.3, -0.25) is 4.57 Å². The van der Waals surface area contributed by atoms with Crippen LogP contribution in [-0.4, -0.2) is 17.1 Å². The molecule has 0 bridgehead atoms. The van der Waals surface area contributed by atoms with E-state index in [4.69, 9.17) is 0 Å². The van der Waals surface area contributed by atoms with Crippen LogP contribution in [0.5, 0.6) is 0 Å². The molecule has 3 nitrogen and oxygen atoms in total. The predicted octanol–water partition coefficient (Wildman–Crippen LogP) is 3.00. The number of hydrogen-bond donors (Lipinski definition) is 1. The minimum absolute atomic E-state index is 0.0466. The Morgan fingerprint density at radius 2 is 2.12 bits per heavy atom. The van der Waals surface area contributed by atoms with Crippen molar-refractivity contribution in [2.75, 3.05) is 6.54 Å². The average molecular weight is 216 g/mol. The van der Waals surface area contributed by atoms with Gasteiger partial charge >= 0.3 is 6.03 Å². The molecule has 0 saturated heterocycles. The third-order valence-electron chi connectivity index (χ3n) is 2.62. The molecule has 3 heteroatoms. The molecular weight excluding hydrogens is 200 g/mol. The molecule has 1 heterocycles. The first-order chi connectivity index (χ1) is 7.83. The first-order valence-corrected chi connectivity index (χ1v) is 5.67. The van der Waals surface area contributed by atoms with Crippen LogP contribution >= 0.6 is 0 Å². The van der Waals surface area contributed by atoms with Crippen molar-refractivity contribution >= 4 is 16.9 Å². The molecule has 0 aliphatic carbocycles.